The number of carbonyl (C=O) groups excluding carboxylic acids is 1. The van der Waals surface area contributed by atoms with Crippen molar-refractivity contribution >= 4 is 29.0 Å². The number of hydrogen-bond donors (Lipinski definition) is 0. The van der Waals surface area contributed by atoms with Gasteiger partial charge in [0.1, 0.15) is 0 Å². The van der Waals surface area contributed by atoms with Crippen molar-refractivity contribution in [2.24, 2.45) is 0 Å². The predicted molar refractivity (Wildman–Crippen MR) is 81.7 cm³/mol. The van der Waals surface area contributed by atoms with Crippen LogP contribution in [0.25, 0.3) is 0 Å². The minimum absolute atomic E-state index is 0.0158. The lowest BCUT2D eigenvalue weighted by Gasteiger charge is -2.08. The quantitative estimate of drug-likeness (QED) is 0.757. The minimum atomic E-state index is -0.0158. The van der Waals surface area contributed by atoms with Gasteiger partial charge >= 0.3 is 0 Å². The zero-order valence-electron chi connectivity index (χ0n) is 11.4. The molecule has 106 valence electrons. The first-order valence-corrected chi connectivity index (χ1v) is 7.29. The molecule has 1 unspecified atom stereocenters. The van der Waals surface area contributed by atoms with Gasteiger partial charge in [0.05, 0.1) is 22.2 Å². The minimum Gasteiger partial charge on any atom is -0.294 e. The van der Waals surface area contributed by atoms with E-state index in [2.05, 4.69) is 18.9 Å². The Bertz CT molecular complexity index is 622. The SMILES string of the molecule is CCC(C)n1ccc(CC(=O)c2ccc(Cl)c(Cl)c2)n1. The number of rotatable bonds is 5. The molecule has 1 aromatic carbocycles. The normalized spacial score (nSPS) is 12.4. The standard InChI is InChI=1S/C15H16Cl2N2O/c1-3-10(2)19-7-6-12(18-19)9-15(20)11-4-5-13(16)14(17)8-11/h4-8,10H,3,9H2,1-2H3. The number of carbonyl (C=O) groups is 1. The van der Waals surface area contributed by atoms with Crippen LogP contribution in [-0.4, -0.2) is 15.6 Å². The van der Waals surface area contributed by atoms with Crippen LogP contribution in [0.5, 0.6) is 0 Å². The van der Waals surface area contributed by atoms with Crippen molar-refractivity contribution in [3.63, 3.8) is 0 Å². The molecule has 3 nitrogen and oxygen atoms in total. The maximum atomic E-state index is 12.2. The Labute approximate surface area is 128 Å². The van der Waals surface area contributed by atoms with Crippen LogP contribution in [0.3, 0.4) is 0 Å². The van der Waals surface area contributed by atoms with Crippen LogP contribution >= 0.6 is 23.2 Å². The van der Waals surface area contributed by atoms with E-state index >= 15 is 0 Å². The Hall–Kier alpha value is -1.32. The van der Waals surface area contributed by atoms with Crippen LogP contribution in [0.1, 0.15) is 42.4 Å². The second-order valence-corrected chi connectivity index (χ2v) is 5.59. The third kappa shape index (κ3) is 3.41. The van der Waals surface area contributed by atoms with E-state index in [-0.39, 0.29) is 12.2 Å². The average molecular weight is 311 g/mol. The lowest BCUT2D eigenvalue weighted by Crippen LogP contribution is -2.07. The topological polar surface area (TPSA) is 34.9 Å². The van der Waals surface area contributed by atoms with E-state index in [4.69, 9.17) is 23.2 Å². The number of halogens is 2. The molecule has 1 aromatic heterocycles. The van der Waals surface area contributed by atoms with E-state index < -0.39 is 0 Å². The molecule has 0 amide bonds. The van der Waals surface area contributed by atoms with E-state index in [0.717, 1.165) is 12.1 Å². The highest BCUT2D eigenvalue weighted by Crippen LogP contribution is 2.23. The molecule has 1 heterocycles. The fourth-order valence-electron chi connectivity index (χ4n) is 1.84. The van der Waals surface area contributed by atoms with Crippen molar-refractivity contribution in [2.45, 2.75) is 32.7 Å². The van der Waals surface area contributed by atoms with Crippen molar-refractivity contribution < 1.29 is 4.79 Å². The highest BCUT2D eigenvalue weighted by molar-refractivity contribution is 6.42. The molecule has 0 fully saturated rings. The second kappa shape index (κ2) is 6.42. The smallest absolute Gasteiger partial charge is 0.168 e. The third-order valence-corrected chi connectivity index (χ3v) is 4.03. The Balaban J connectivity index is 2.11. The van der Waals surface area contributed by atoms with Crippen molar-refractivity contribution in [3.8, 4) is 0 Å². The van der Waals surface area contributed by atoms with E-state index in [9.17, 15) is 4.79 Å². The Morgan fingerprint density at radius 3 is 2.70 bits per heavy atom. The average Bonchev–Trinajstić information content (AvgIpc) is 2.89. The molecular formula is C15H16Cl2N2O. The summed E-state index contributed by atoms with van der Waals surface area (Å²) >= 11 is 11.8. The van der Waals surface area contributed by atoms with Gasteiger partial charge in [-0.15, -0.1) is 0 Å². The molecular weight excluding hydrogens is 295 g/mol. The third-order valence-electron chi connectivity index (χ3n) is 3.29. The van der Waals surface area contributed by atoms with Gasteiger partial charge in [0.2, 0.25) is 0 Å². The maximum Gasteiger partial charge on any atom is 0.168 e. The summed E-state index contributed by atoms with van der Waals surface area (Å²) in [5.41, 5.74) is 1.32. The van der Waals surface area contributed by atoms with Gasteiger partial charge in [0, 0.05) is 17.8 Å². The first kappa shape index (κ1) is 15.1. The molecule has 0 radical (unpaired) electrons. The Morgan fingerprint density at radius 1 is 1.30 bits per heavy atom. The molecule has 0 saturated carbocycles. The van der Waals surface area contributed by atoms with Crippen LogP contribution < -0.4 is 0 Å². The van der Waals surface area contributed by atoms with Gasteiger partial charge in [-0.3, -0.25) is 9.48 Å². The maximum absolute atomic E-state index is 12.2. The van der Waals surface area contributed by atoms with Crippen LogP contribution in [0, 0.1) is 0 Å². The fourth-order valence-corrected chi connectivity index (χ4v) is 2.14. The molecule has 0 aliphatic carbocycles. The number of benzene rings is 1. The van der Waals surface area contributed by atoms with Gasteiger partial charge in [-0.2, -0.15) is 5.10 Å². The summed E-state index contributed by atoms with van der Waals surface area (Å²) in [6, 6.07) is 7.13. The zero-order valence-corrected chi connectivity index (χ0v) is 12.9. The number of ketones is 1. The molecule has 2 rings (SSSR count). The van der Waals surface area contributed by atoms with Gasteiger partial charge in [-0.25, -0.2) is 0 Å². The molecule has 0 N–H and O–H groups in total. The molecule has 0 bridgehead atoms. The van der Waals surface area contributed by atoms with Crippen LogP contribution in [0.15, 0.2) is 30.5 Å². The lowest BCUT2D eigenvalue weighted by atomic mass is 10.1. The van der Waals surface area contributed by atoms with Crippen LogP contribution in [-0.2, 0) is 6.42 Å². The van der Waals surface area contributed by atoms with Gasteiger partial charge in [-0.05, 0) is 37.6 Å². The summed E-state index contributed by atoms with van der Waals surface area (Å²) in [6.45, 7) is 4.20. The highest BCUT2D eigenvalue weighted by atomic mass is 35.5. The first-order valence-electron chi connectivity index (χ1n) is 6.53. The summed E-state index contributed by atoms with van der Waals surface area (Å²) in [7, 11) is 0. The molecule has 0 aliphatic heterocycles. The summed E-state index contributed by atoms with van der Waals surface area (Å²) in [5, 5.41) is 5.26. The number of hydrogen-bond acceptors (Lipinski definition) is 2. The van der Waals surface area contributed by atoms with Crippen LogP contribution in [0.4, 0.5) is 0 Å². The van der Waals surface area contributed by atoms with E-state index in [0.29, 0.717) is 21.7 Å². The number of nitrogens with zero attached hydrogens (tertiary/aromatic N) is 2. The molecule has 5 heteroatoms. The van der Waals surface area contributed by atoms with Crippen LogP contribution in [0.2, 0.25) is 10.0 Å². The fraction of sp³-hybridized carbons (Fsp3) is 0.333. The van der Waals surface area contributed by atoms with Crippen molar-refractivity contribution in [2.75, 3.05) is 0 Å². The van der Waals surface area contributed by atoms with E-state index in [1.165, 1.54) is 0 Å². The second-order valence-electron chi connectivity index (χ2n) is 4.77. The van der Waals surface area contributed by atoms with E-state index in [1.807, 2.05) is 16.9 Å². The molecule has 1 atom stereocenters. The number of Topliss-reactive ketones (excluding diaryl/α,β-unsaturated/α-hetero) is 1. The van der Waals surface area contributed by atoms with Gasteiger partial charge in [0.25, 0.3) is 0 Å². The summed E-state index contributed by atoms with van der Waals surface area (Å²) in [6.07, 6.45) is 3.18. The monoisotopic (exact) mass is 310 g/mol. The number of aromatic nitrogens is 2. The predicted octanol–water partition coefficient (Wildman–Crippen LogP) is 4.59. The first-order chi connectivity index (χ1) is 9.51. The van der Waals surface area contributed by atoms with Gasteiger partial charge < -0.3 is 0 Å². The van der Waals surface area contributed by atoms with Gasteiger partial charge in [-0.1, -0.05) is 30.1 Å². The lowest BCUT2D eigenvalue weighted by molar-refractivity contribution is 0.0991. The summed E-state index contributed by atoms with van der Waals surface area (Å²) < 4.78 is 1.89. The molecule has 2 aromatic rings. The Kier molecular flexibility index (Phi) is 4.84. The Morgan fingerprint density at radius 2 is 2.05 bits per heavy atom. The molecule has 0 spiro atoms. The van der Waals surface area contributed by atoms with Crippen molar-refractivity contribution in [1.82, 2.24) is 9.78 Å². The van der Waals surface area contributed by atoms with Gasteiger partial charge in [0.15, 0.2) is 5.78 Å². The zero-order chi connectivity index (χ0) is 14.7. The van der Waals surface area contributed by atoms with Crippen molar-refractivity contribution in [1.29, 1.82) is 0 Å². The van der Waals surface area contributed by atoms with Crippen molar-refractivity contribution in [3.05, 3.63) is 51.8 Å². The highest BCUT2D eigenvalue weighted by Gasteiger charge is 2.12. The molecule has 0 aliphatic rings. The summed E-state index contributed by atoms with van der Waals surface area (Å²) in [4.78, 5) is 12.2. The summed E-state index contributed by atoms with van der Waals surface area (Å²) in [5.74, 6) is -0.0158. The largest absolute Gasteiger partial charge is 0.294 e. The molecule has 0 saturated heterocycles. The molecule has 20 heavy (non-hydrogen) atoms. The van der Waals surface area contributed by atoms with E-state index in [1.54, 1.807) is 18.2 Å².